The predicted octanol–water partition coefficient (Wildman–Crippen LogP) is 0.662. The van der Waals surface area contributed by atoms with E-state index in [9.17, 15) is 4.79 Å². The van der Waals surface area contributed by atoms with Gasteiger partial charge in [0, 0.05) is 17.6 Å². The number of benzene rings is 1. The maximum absolute atomic E-state index is 12.2. The number of carbonyl (C=O) groups excluding carboxylic acids is 1. The van der Waals surface area contributed by atoms with Gasteiger partial charge in [-0.05, 0) is 47.5 Å². The molecule has 0 radical (unpaired) electrons. The number of tetrazole rings is 1. The molecule has 0 unspecified atom stereocenters. The molecule has 3 N–H and O–H groups in total. The minimum atomic E-state index is -0.0828. The van der Waals surface area contributed by atoms with Gasteiger partial charge in [-0.1, -0.05) is 12.8 Å². The summed E-state index contributed by atoms with van der Waals surface area (Å²) in [6, 6.07) is 7.29. The van der Waals surface area contributed by atoms with Crippen molar-refractivity contribution in [2.75, 3.05) is 0 Å². The molecular formula is C14H18N6O. The second kappa shape index (κ2) is 6.01. The number of amides is 1. The molecule has 7 nitrogen and oxygen atoms in total. The minimum Gasteiger partial charge on any atom is -0.348 e. The fourth-order valence-corrected chi connectivity index (χ4v) is 2.64. The highest BCUT2D eigenvalue weighted by atomic mass is 16.1. The number of nitrogens with zero attached hydrogens (tertiary/aromatic N) is 4. The first-order valence-corrected chi connectivity index (χ1v) is 7.14. The number of hydrogen-bond acceptors (Lipinski definition) is 5. The number of carbonyl (C=O) groups is 1. The van der Waals surface area contributed by atoms with Gasteiger partial charge in [0.05, 0.1) is 5.69 Å². The SMILES string of the molecule is N[C@@H]1CCCC[C@H]1NC(=O)c1ccc(-n2cnnn2)cc1. The third kappa shape index (κ3) is 3.08. The lowest BCUT2D eigenvalue weighted by molar-refractivity contribution is 0.0921. The van der Waals surface area contributed by atoms with E-state index in [4.69, 9.17) is 5.73 Å². The monoisotopic (exact) mass is 286 g/mol. The Morgan fingerprint density at radius 3 is 2.67 bits per heavy atom. The van der Waals surface area contributed by atoms with Crippen molar-refractivity contribution in [3.05, 3.63) is 36.2 Å². The summed E-state index contributed by atoms with van der Waals surface area (Å²) in [7, 11) is 0. The summed E-state index contributed by atoms with van der Waals surface area (Å²) in [5, 5.41) is 14.0. The van der Waals surface area contributed by atoms with Crippen LogP contribution in [0.2, 0.25) is 0 Å². The van der Waals surface area contributed by atoms with E-state index in [1.165, 1.54) is 6.33 Å². The number of nitrogens with two attached hydrogens (primary N) is 1. The molecule has 110 valence electrons. The van der Waals surface area contributed by atoms with Crippen molar-refractivity contribution in [3.63, 3.8) is 0 Å². The second-order valence-corrected chi connectivity index (χ2v) is 5.33. The minimum absolute atomic E-state index is 0.0585. The largest absolute Gasteiger partial charge is 0.348 e. The van der Waals surface area contributed by atoms with Crippen LogP contribution in [-0.4, -0.2) is 38.2 Å². The summed E-state index contributed by atoms with van der Waals surface area (Å²) in [5.41, 5.74) is 7.48. The van der Waals surface area contributed by atoms with Crippen LogP contribution in [0, 0.1) is 0 Å². The van der Waals surface area contributed by atoms with Crippen LogP contribution in [0.1, 0.15) is 36.0 Å². The number of rotatable bonds is 3. The third-order valence-electron chi connectivity index (χ3n) is 3.88. The lowest BCUT2D eigenvalue weighted by Gasteiger charge is -2.29. The molecule has 1 aromatic carbocycles. The van der Waals surface area contributed by atoms with Crippen molar-refractivity contribution in [2.45, 2.75) is 37.8 Å². The van der Waals surface area contributed by atoms with Gasteiger partial charge in [-0.25, -0.2) is 4.68 Å². The molecule has 0 saturated heterocycles. The molecule has 7 heteroatoms. The molecule has 1 fully saturated rings. The lowest BCUT2D eigenvalue weighted by Crippen LogP contribution is -2.49. The Morgan fingerprint density at radius 1 is 1.24 bits per heavy atom. The van der Waals surface area contributed by atoms with Gasteiger partial charge in [0.15, 0.2) is 0 Å². The first kappa shape index (κ1) is 13.7. The summed E-state index contributed by atoms with van der Waals surface area (Å²) in [5.74, 6) is -0.0828. The van der Waals surface area contributed by atoms with Crippen LogP contribution < -0.4 is 11.1 Å². The van der Waals surface area contributed by atoms with Gasteiger partial charge in [0.2, 0.25) is 0 Å². The van der Waals surface area contributed by atoms with Crippen LogP contribution in [0.5, 0.6) is 0 Å². The van der Waals surface area contributed by atoms with Gasteiger partial charge in [-0.2, -0.15) is 0 Å². The Bertz CT molecular complexity index is 594. The van der Waals surface area contributed by atoms with Crippen LogP contribution in [0.3, 0.4) is 0 Å². The fraction of sp³-hybridized carbons (Fsp3) is 0.429. The first-order chi connectivity index (χ1) is 10.2. The summed E-state index contributed by atoms with van der Waals surface area (Å²) >= 11 is 0. The number of aromatic nitrogens is 4. The molecule has 21 heavy (non-hydrogen) atoms. The Kier molecular flexibility index (Phi) is 3.92. The highest BCUT2D eigenvalue weighted by Crippen LogP contribution is 2.17. The van der Waals surface area contributed by atoms with Crippen molar-refractivity contribution in [3.8, 4) is 5.69 Å². The highest BCUT2D eigenvalue weighted by molar-refractivity contribution is 5.94. The molecule has 1 saturated carbocycles. The molecule has 2 aromatic rings. The van der Waals surface area contributed by atoms with E-state index < -0.39 is 0 Å². The van der Waals surface area contributed by atoms with E-state index in [1.807, 2.05) is 12.1 Å². The summed E-state index contributed by atoms with van der Waals surface area (Å²) < 4.78 is 1.54. The van der Waals surface area contributed by atoms with Gasteiger partial charge in [-0.3, -0.25) is 4.79 Å². The predicted molar refractivity (Wildman–Crippen MR) is 76.9 cm³/mol. The Morgan fingerprint density at radius 2 is 2.00 bits per heavy atom. The average Bonchev–Trinajstić information content (AvgIpc) is 3.04. The average molecular weight is 286 g/mol. The van der Waals surface area contributed by atoms with Crippen LogP contribution in [0.25, 0.3) is 5.69 Å². The van der Waals surface area contributed by atoms with Gasteiger partial charge < -0.3 is 11.1 Å². The Labute approximate surface area is 122 Å². The summed E-state index contributed by atoms with van der Waals surface area (Å²) in [6.45, 7) is 0. The molecule has 1 amide bonds. The fourth-order valence-electron chi connectivity index (χ4n) is 2.64. The van der Waals surface area contributed by atoms with Crippen molar-refractivity contribution >= 4 is 5.91 Å². The quantitative estimate of drug-likeness (QED) is 0.863. The van der Waals surface area contributed by atoms with E-state index in [0.29, 0.717) is 5.56 Å². The molecule has 1 aliphatic rings. The molecule has 1 heterocycles. The molecule has 0 aliphatic heterocycles. The smallest absolute Gasteiger partial charge is 0.251 e. The standard InChI is InChI=1S/C14H18N6O/c15-12-3-1-2-4-13(12)17-14(21)10-5-7-11(8-6-10)20-9-16-18-19-20/h5-9,12-13H,1-4,15H2,(H,17,21)/t12-,13-/m1/s1. The lowest BCUT2D eigenvalue weighted by atomic mass is 9.91. The second-order valence-electron chi connectivity index (χ2n) is 5.33. The first-order valence-electron chi connectivity index (χ1n) is 7.14. The van der Waals surface area contributed by atoms with Crippen LogP contribution in [0.15, 0.2) is 30.6 Å². The molecule has 0 bridgehead atoms. The van der Waals surface area contributed by atoms with Gasteiger partial charge >= 0.3 is 0 Å². The molecule has 1 aliphatic carbocycles. The highest BCUT2D eigenvalue weighted by Gasteiger charge is 2.23. The summed E-state index contributed by atoms with van der Waals surface area (Å²) in [6.07, 6.45) is 5.71. The van der Waals surface area contributed by atoms with Crippen molar-refractivity contribution in [2.24, 2.45) is 5.73 Å². The molecule has 2 atom stereocenters. The van der Waals surface area contributed by atoms with Crippen LogP contribution >= 0.6 is 0 Å². The van der Waals surface area contributed by atoms with Gasteiger partial charge in [0.1, 0.15) is 6.33 Å². The molecule has 0 spiro atoms. The zero-order valence-corrected chi connectivity index (χ0v) is 11.6. The van der Waals surface area contributed by atoms with E-state index in [0.717, 1.165) is 31.4 Å². The normalized spacial score (nSPS) is 22.0. The van der Waals surface area contributed by atoms with Crippen LogP contribution in [0.4, 0.5) is 0 Å². The zero-order chi connectivity index (χ0) is 14.7. The van der Waals surface area contributed by atoms with Crippen LogP contribution in [-0.2, 0) is 0 Å². The van der Waals surface area contributed by atoms with E-state index in [1.54, 1.807) is 16.8 Å². The Hall–Kier alpha value is -2.28. The number of hydrogen-bond donors (Lipinski definition) is 2. The van der Waals surface area contributed by atoms with Crippen molar-refractivity contribution in [1.29, 1.82) is 0 Å². The maximum Gasteiger partial charge on any atom is 0.251 e. The van der Waals surface area contributed by atoms with E-state index >= 15 is 0 Å². The zero-order valence-electron chi connectivity index (χ0n) is 11.6. The van der Waals surface area contributed by atoms with E-state index in [-0.39, 0.29) is 18.0 Å². The van der Waals surface area contributed by atoms with Crippen molar-refractivity contribution < 1.29 is 4.79 Å². The number of nitrogens with one attached hydrogen (secondary N) is 1. The van der Waals surface area contributed by atoms with Crippen molar-refractivity contribution in [1.82, 2.24) is 25.5 Å². The topological polar surface area (TPSA) is 98.7 Å². The summed E-state index contributed by atoms with van der Waals surface area (Å²) in [4.78, 5) is 12.2. The van der Waals surface area contributed by atoms with E-state index in [2.05, 4.69) is 20.8 Å². The molecule has 3 rings (SSSR count). The molecular weight excluding hydrogens is 268 g/mol. The third-order valence-corrected chi connectivity index (χ3v) is 3.88. The molecule has 1 aromatic heterocycles. The van der Waals surface area contributed by atoms with Gasteiger partial charge in [0.25, 0.3) is 5.91 Å². The van der Waals surface area contributed by atoms with Gasteiger partial charge in [-0.15, -0.1) is 5.10 Å². The Balaban J connectivity index is 1.67. The maximum atomic E-state index is 12.2.